The molecule has 202 valence electrons. The molecule has 0 bridgehead atoms. The number of carbonyl (C=O) groups is 3. The molecule has 1 saturated heterocycles. The zero-order valence-electron chi connectivity index (χ0n) is 22.1. The summed E-state index contributed by atoms with van der Waals surface area (Å²) in [5.41, 5.74) is 6.38. The van der Waals surface area contributed by atoms with Gasteiger partial charge in [0.05, 0.1) is 6.10 Å². The van der Waals surface area contributed by atoms with Crippen LogP contribution in [-0.4, -0.2) is 65.5 Å². The van der Waals surface area contributed by atoms with Gasteiger partial charge >= 0.3 is 0 Å². The number of aliphatic hydroxyl groups excluding tert-OH is 1. The Bertz CT molecular complexity index is 1050. The Morgan fingerprint density at radius 1 is 1.08 bits per heavy atom. The molecular weight excluding hydrogens is 468 g/mol. The number of fused-ring (bicyclic) bond motifs is 1. The lowest BCUT2D eigenvalue weighted by Gasteiger charge is -2.29. The third kappa shape index (κ3) is 7.76. The Hall–Kier alpha value is -2.97. The van der Waals surface area contributed by atoms with Crippen LogP contribution in [0, 0.1) is 5.92 Å². The maximum atomic E-state index is 13.5. The van der Waals surface area contributed by atoms with Crippen LogP contribution in [0.25, 0.3) is 10.8 Å². The zero-order valence-corrected chi connectivity index (χ0v) is 22.1. The molecular formula is C29H42N4O4. The number of benzene rings is 2. The Balaban J connectivity index is 1.77. The summed E-state index contributed by atoms with van der Waals surface area (Å²) in [6.45, 7) is 4.73. The average Bonchev–Trinajstić information content (AvgIpc) is 3.40. The number of hydrogen-bond donors (Lipinski definition) is 4. The van der Waals surface area contributed by atoms with Gasteiger partial charge < -0.3 is 26.4 Å². The van der Waals surface area contributed by atoms with Crippen molar-refractivity contribution in [2.75, 3.05) is 19.6 Å². The maximum Gasteiger partial charge on any atom is 0.243 e. The molecule has 3 rings (SSSR count). The van der Waals surface area contributed by atoms with Crippen LogP contribution in [0.2, 0.25) is 0 Å². The van der Waals surface area contributed by atoms with Crippen LogP contribution in [0.4, 0.5) is 0 Å². The summed E-state index contributed by atoms with van der Waals surface area (Å²) in [4.78, 5) is 41.6. The molecule has 3 amide bonds. The molecule has 0 saturated carbocycles. The van der Waals surface area contributed by atoms with Crippen LogP contribution < -0.4 is 16.4 Å². The van der Waals surface area contributed by atoms with E-state index in [0.29, 0.717) is 13.0 Å². The van der Waals surface area contributed by atoms with Crippen molar-refractivity contribution in [3.63, 3.8) is 0 Å². The van der Waals surface area contributed by atoms with Crippen molar-refractivity contribution in [2.24, 2.45) is 11.7 Å². The van der Waals surface area contributed by atoms with Gasteiger partial charge in [0.15, 0.2) is 0 Å². The van der Waals surface area contributed by atoms with Crippen LogP contribution >= 0.6 is 0 Å². The van der Waals surface area contributed by atoms with Gasteiger partial charge in [0.2, 0.25) is 17.7 Å². The lowest BCUT2D eigenvalue weighted by molar-refractivity contribution is -0.142. The van der Waals surface area contributed by atoms with E-state index in [-0.39, 0.29) is 43.1 Å². The molecule has 5 N–H and O–H groups in total. The van der Waals surface area contributed by atoms with Crippen LogP contribution in [0.3, 0.4) is 0 Å². The first-order valence-corrected chi connectivity index (χ1v) is 13.6. The molecule has 0 radical (unpaired) electrons. The topological polar surface area (TPSA) is 125 Å². The third-order valence-corrected chi connectivity index (χ3v) is 7.13. The first kappa shape index (κ1) is 28.6. The zero-order chi connectivity index (χ0) is 26.8. The molecule has 1 aliphatic rings. The van der Waals surface area contributed by atoms with Crippen molar-refractivity contribution >= 4 is 28.5 Å². The molecule has 1 fully saturated rings. The predicted octanol–water partition coefficient (Wildman–Crippen LogP) is 2.51. The average molecular weight is 511 g/mol. The second-order valence-corrected chi connectivity index (χ2v) is 10.0. The van der Waals surface area contributed by atoms with Crippen molar-refractivity contribution in [3.05, 3.63) is 48.0 Å². The number of nitrogens with zero attached hydrogens (tertiary/aromatic N) is 1. The van der Waals surface area contributed by atoms with E-state index in [0.717, 1.165) is 48.4 Å². The molecule has 0 aliphatic carbocycles. The minimum Gasteiger partial charge on any atom is -0.390 e. The van der Waals surface area contributed by atoms with Crippen LogP contribution in [0.15, 0.2) is 42.5 Å². The molecule has 1 aliphatic heterocycles. The monoisotopic (exact) mass is 510 g/mol. The number of rotatable bonds is 13. The van der Waals surface area contributed by atoms with Crippen molar-refractivity contribution in [2.45, 2.75) is 77.0 Å². The highest BCUT2D eigenvalue weighted by Crippen LogP contribution is 2.25. The van der Waals surface area contributed by atoms with E-state index in [1.807, 2.05) is 42.5 Å². The van der Waals surface area contributed by atoms with Gasteiger partial charge in [0, 0.05) is 32.0 Å². The number of hydrogen-bond acceptors (Lipinski definition) is 5. The lowest BCUT2D eigenvalue weighted by Crippen LogP contribution is -2.55. The minimum atomic E-state index is -0.863. The number of likely N-dealkylation sites (tertiary alicyclic amines) is 1. The highest BCUT2D eigenvalue weighted by molar-refractivity contribution is 5.93. The summed E-state index contributed by atoms with van der Waals surface area (Å²) in [6.07, 6.45) is 4.24. The van der Waals surface area contributed by atoms with E-state index in [1.165, 1.54) is 0 Å². The van der Waals surface area contributed by atoms with E-state index in [9.17, 15) is 19.5 Å². The summed E-state index contributed by atoms with van der Waals surface area (Å²) in [7, 11) is 0. The van der Waals surface area contributed by atoms with Crippen molar-refractivity contribution in [3.8, 4) is 0 Å². The van der Waals surface area contributed by atoms with Gasteiger partial charge in [-0.25, -0.2) is 0 Å². The van der Waals surface area contributed by atoms with Crippen molar-refractivity contribution < 1.29 is 19.5 Å². The molecule has 8 nitrogen and oxygen atoms in total. The third-order valence-electron chi connectivity index (χ3n) is 7.13. The molecule has 0 aromatic heterocycles. The van der Waals surface area contributed by atoms with E-state index in [2.05, 4.69) is 24.5 Å². The van der Waals surface area contributed by atoms with Gasteiger partial charge in [-0.2, -0.15) is 0 Å². The fourth-order valence-electron chi connectivity index (χ4n) is 5.13. The van der Waals surface area contributed by atoms with Crippen LogP contribution in [-0.2, 0) is 20.8 Å². The maximum absolute atomic E-state index is 13.5. The quantitative estimate of drug-likeness (QED) is 0.330. The fraction of sp³-hybridized carbons (Fsp3) is 0.552. The number of nitrogens with two attached hydrogens (primary N) is 1. The molecule has 0 spiro atoms. The second-order valence-electron chi connectivity index (χ2n) is 10.0. The molecule has 3 atom stereocenters. The normalized spacial score (nSPS) is 17.1. The lowest BCUT2D eigenvalue weighted by atomic mass is 9.96. The SMILES string of the molecule is CCCC(CCC)C(=O)N1CCC[C@H]1C(=O)N[C@H](Cc1ccc2ccccc2c1)C(=O)NCC(O)CN. The Labute approximate surface area is 220 Å². The summed E-state index contributed by atoms with van der Waals surface area (Å²) in [5, 5.41) is 17.6. The molecule has 1 unspecified atom stereocenters. The number of amides is 3. The first-order chi connectivity index (χ1) is 17.9. The van der Waals surface area contributed by atoms with Crippen molar-refractivity contribution in [1.29, 1.82) is 0 Å². The van der Waals surface area contributed by atoms with Crippen LogP contribution in [0.5, 0.6) is 0 Å². The summed E-state index contributed by atoms with van der Waals surface area (Å²) in [5.74, 6) is -0.724. The standard InChI is InChI=1S/C29H42N4O4/c1-3-8-22(9-4-2)29(37)33-15-7-12-26(33)28(36)32-25(27(35)31-19-24(34)18-30)17-20-13-14-21-10-5-6-11-23(21)16-20/h5-6,10-11,13-14,16,22,24-26,34H,3-4,7-9,12,15,17-19,30H2,1-2H3,(H,31,35)(H,32,36)/t24?,25-,26+/m1/s1. The van der Waals surface area contributed by atoms with Gasteiger partial charge in [0.25, 0.3) is 0 Å². The van der Waals surface area contributed by atoms with Gasteiger partial charge in [-0.15, -0.1) is 0 Å². The Kier molecular flexibility index (Phi) is 10.9. The van der Waals surface area contributed by atoms with E-state index >= 15 is 0 Å². The summed E-state index contributed by atoms with van der Waals surface area (Å²) in [6, 6.07) is 12.5. The number of nitrogens with one attached hydrogen (secondary N) is 2. The minimum absolute atomic E-state index is 0.00315. The largest absolute Gasteiger partial charge is 0.390 e. The van der Waals surface area contributed by atoms with Crippen LogP contribution in [0.1, 0.15) is 57.9 Å². The summed E-state index contributed by atoms with van der Waals surface area (Å²) < 4.78 is 0. The van der Waals surface area contributed by atoms with E-state index < -0.39 is 18.2 Å². The molecule has 8 heteroatoms. The van der Waals surface area contributed by atoms with Crippen molar-refractivity contribution in [1.82, 2.24) is 15.5 Å². The molecule has 37 heavy (non-hydrogen) atoms. The van der Waals surface area contributed by atoms with E-state index in [1.54, 1.807) is 4.90 Å². The molecule has 1 heterocycles. The molecule has 2 aromatic rings. The Morgan fingerprint density at radius 2 is 1.78 bits per heavy atom. The van der Waals surface area contributed by atoms with Gasteiger partial charge in [0.1, 0.15) is 12.1 Å². The number of aliphatic hydroxyl groups is 1. The van der Waals surface area contributed by atoms with Gasteiger partial charge in [-0.05, 0) is 42.0 Å². The fourth-order valence-corrected chi connectivity index (χ4v) is 5.13. The molecule has 2 aromatic carbocycles. The summed E-state index contributed by atoms with van der Waals surface area (Å²) >= 11 is 0. The Morgan fingerprint density at radius 3 is 2.46 bits per heavy atom. The van der Waals surface area contributed by atoms with Gasteiger partial charge in [-0.1, -0.05) is 69.2 Å². The number of carbonyl (C=O) groups excluding carboxylic acids is 3. The van der Waals surface area contributed by atoms with Gasteiger partial charge in [-0.3, -0.25) is 14.4 Å². The highest BCUT2D eigenvalue weighted by Gasteiger charge is 2.38. The van der Waals surface area contributed by atoms with E-state index in [4.69, 9.17) is 5.73 Å². The highest BCUT2D eigenvalue weighted by atomic mass is 16.3. The first-order valence-electron chi connectivity index (χ1n) is 13.6. The second kappa shape index (κ2) is 14.1. The predicted molar refractivity (Wildman–Crippen MR) is 146 cm³/mol. The smallest absolute Gasteiger partial charge is 0.243 e.